The van der Waals surface area contributed by atoms with E-state index in [0.717, 1.165) is 11.7 Å². The van der Waals surface area contributed by atoms with E-state index in [1.54, 1.807) is 44.8 Å². The van der Waals surface area contributed by atoms with Crippen LogP contribution in [-0.2, 0) is 15.6 Å². The Bertz CT molecular complexity index is 726. The normalized spacial score (nSPS) is 18.9. The van der Waals surface area contributed by atoms with Gasteiger partial charge in [-0.2, -0.15) is 11.8 Å². The van der Waals surface area contributed by atoms with Gasteiger partial charge in [-0.05, 0) is 25.5 Å². The van der Waals surface area contributed by atoms with Crippen molar-refractivity contribution in [3.8, 4) is 0 Å². The smallest absolute Gasteiger partial charge is 0.193 e. The minimum Gasteiger partial charge on any atom is -0.355 e. The Kier molecular flexibility index (Phi) is 9.14. The molecule has 0 atom stereocenters. The van der Waals surface area contributed by atoms with Crippen molar-refractivity contribution < 1.29 is 12.8 Å². The van der Waals surface area contributed by atoms with Gasteiger partial charge < -0.3 is 10.2 Å². The largest absolute Gasteiger partial charge is 0.355 e. The Hall–Kier alpha value is -0.550. The number of thioether (sulfide) groups is 1. The molecule has 0 amide bonds. The highest BCUT2D eigenvalue weighted by Crippen LogP contribution is 2.23. The molecule has 0 spiro atoms. The monoisotopic (exact) mass is 515 g/mol. The molecule has 1 fully saturated rings. The van der Waals surface area contributed by atoms with Gasteiger partial charge in [0.2, 0.25) is 0 Å². The molecular weight excluding hydrogens is 488 g/mol. The van der Waals surface area contributed by atoms with Crippen LogP contribution in [0.5, 0.6) is 0 Å². The lowest BCUT2D eigenvalue weighted by Crippen LogP contribution is -2.57. The van der Waals surface area contributed by atoms with Crippen molar-refractivity contribution in [3.05, 3.63) is 35.6 Å². The summed E-state index contributed by atoms with van der Waals surface area (Å²) in [6, 6.07) is 6.80. The van der Waals surface area contributed by atoms with Crippen molar-refractivity contribution in [2.45, 2.75) is 24.3 Å². The van der Waals surface area contributed by atoms with Crippen molar-refractivity contribution in [1.29, 1.82) is 0 Å². The minimum atomic E-state index is -3.06. The maximum absolute atomic E-state index is 13.6. The maximum atomic E-state index is 13.6. The van der Waals surface area contributed by atoms with Gasteiger partial charge in [-0.3, -0.25) is 4.99 Å². The Morgan fingerprint density at radius 1 is 1.38 bits per heavy atom. The van der Waals surface area contributed by atoms with E-state index >= 15 is 0 Å². The molecule has 0 bridgehead atoms. The first-order chi connectivity index (χ1) is 11.8. The van der Waals surface area contributed by atoms with E-state index in [2.05, 4.69) is 10.3 Å². The van der Waals surface area contributed by atoms with Gasteiger partial charge >= 0.3 is 0 Å². The van der Waals surface area contributed by atoms with E-state index < -0.39 is 14.6 Å². The summed E-state index contributed by atoms with van der Waals surface area (Å²) in [5, 5.41) is 3.27. The van der Waals surface area contributed by atoms with Gasteiger partial charge in [0.1, 0.15) is 5.82 Å². The number of halogens is 2. The fourth-order valence-electron chi connectivity index (χ4n) is 2.69. The number of guanidine groups is 1. The quantitative estimate of drug-likeness (QED) is 0.283. The lowest BCUT2D eigenvalue weighted by molar-refractivity contribution is 0.354. The molecule has 0 unspecified atom stereocenters. The predicted molar refractivity (Wildman–Crippen MR) is 119 cm³/mol. The molecule has 1 aromatic rings. The van der Waals surface area contributed by atoms with Gasteiger partial charge in [-0.25, -0.2) is 12.8 Å². The standard InChI is InChI=1S/C17H26FN3O2S2.HI/c1-17(2)13-21(9-11-25(17,22)23)16(19-3)20-8-10-24-12-14-6-4-5-7-15(14)18;/h4-7H,8-13H2,1-3H3,(H,19,20);1H. The SMILES string of the molecule is CN=C(NCCSCc1ccccc1F)N1CCS(=O)(=O)C(C)(C)C1.I. The van der Waals surface area contributed by atoms with Crippen molar-refractivity contribution in [2.75, 3.05) is 38.2 Å². The first-order valence-corrected chi connectivity index (χ1v) is 11.1. The molecule has 1 aromatic carbocycles. The predicted octanol–water partition coefficient (Wildman–Crippen LogP) is 2.76. The fraction of sp³-hybridized carbons (Fsp3) is 0.588. The number of aliphatic imine (C=N–C) groups is 1. The van der Waals surface area contributed by atoms with E-state index in [9.17, 15) is 12.8 Å². The first kappa shape index (κ1) is 23.5. The summed E-state index contributed by atoms with van der Waals surface area (Å²) in [6.07, 6.45) is 0. The van der Waals surface area contributed by atoms with Crippen molar-refractivity contribution in [2.24, 2.45) is 4.99 Å². The van der Waals surface area contributed by atoms with Crippen molar-refractivity contribution in [1.82, 2.24) is 10.2 Å². The Balaban J connectivity index is 0.00000338. The third-order valence-corrected chi connectivity index (χ3v) is 7.84. The number of benzene rings is 1. The molecule has 0 saturated carbocycles. The second-order valence-electron chi connectivity index (χ2n) is 6.62. The lowest BCUT2D eigenvalue weighted by Gasteiger charge is -2.39. The van der Waals surface area contributed by atoms with Crippen LogP contribution >= 0.6 is 35.7 Å². The van der Waals surface area contributed by atoms with Crippen LogP contribution < -0.4 is 5.32 Å². The lowest BCUT2D eigenvalue weighted by atomic mass is 10.2. The number of hydrogen-bond donors (Lipinski definition) is 1. The molecule has 148 valence electrons. The zero-order valence-corrected chi connectivity index (χ0v) is 19.3. The third kappa shape index (κ3) is 5.98. The Labute approximate surface area is 177 Å². The van der Waals surface area contributed by atoms with E-state index in [1.807, 2.05) is 11.0 Å². The molecule has 9 heteroatoms. The molecule has 0 radical (unpaired) electrons. The molecule has 1 N–H and O–H groups in total. The number of nitrogens with one attached hydrogen (secondary N) is 1. The minimum absolute atomic E-state index is 0. The summed E-state index contributed by atoms with van der Waals surface area (Å²) in [4.78, 5) is 6.25. The van der Waals surface area contributed by atoms with Crippen LogP contribution in [-0.4, -0.2) is 62.2 Å². The van der Waals surface area contributed by atoms with Crippen molar-refractivity contribution in [3.63, 3.8) is 0 Å². The second-order valence-corrected chi connectivity index (χ2v) is 10.5. The van der Waals surface area contributed by atoms with Gasteiger partial charge in [0, 0.05) is 38.2 Å². The molecule has 1 aliphatic heterocycles. The van der Waals surface area contributed by atoms with Crippen LogP contribution in [0.15, 0.2) is 29.3 Å². The highest BCUT2D eigenvalue weighted by molar-refractivity contribution is 14.0. The molecular formula is C17H27FIN3O2S2. The Morgan fingerprint density at radius 2 is 2.08 bits per heavy atom. The molecule has 5 nitrogen and oxygen atoms in total. The third-order valence-electron chi connectivity index (χ3n) is 4.30. The highest BCUT2D eigenvalue weighted by atomic mass is 127. The molecule has 2 rings (SSSR count). The summed E-state index contributed by atoms with van der Waals surface area (Å²) in [6.45, 7) is 5.08. The maximum Gasteiger partial charge on any atom is 0.193 e. The van der Waals surface area contributed by atoms with Gasteiger partial charge in [0.05, 0.1) is 10.5 Å². The summed E-state index contributed by atoms with van der Waals surface area (Å²) in [5.74, 6) is 2.12. The fourth-order valence-corrected chi connectivity index (χ4v) is 4.90. The molecule has 1 heterocycles. The van der Waals surface area contributed by atoms with Crippen LogP contribution in [0, 0.1) is 5.82 Å². The van der Waals surface area contributed by atoms with E-state index in [0.29, 0.717) is 31.0 Å². The van der Waals surface area contributed by atoms with Crippen molar-refractivity contribution >= 4 is 51.5 Å². The molecule has 26 heavy (non-hydrogen) atoms. The Morgan fingerprint density at radius 3 is 2.69 bits per heavy atom. The summed E-state index contributed by atoms with van der Waals surface area (Å²) in [5.41, 5.74) is 0.708. The van der Waals surface area contributed by atoms with Crippen LogP contribution in [0.2, 0.25) is 0 Å². The van der Waals surface area contributed by atoms with Gasteiger partial charge in [0.15, 0.2) is 15.8 Å². The summed E-state index contributed by atoms with van der Waals surface area (Å²) >= 11 is 1.65. The van der Waals surface area contributed by atoms with Crippen LogP contribution in [0.3, 0.4) is 0 Å². The molecule has 1 aliphatic rings. The highest BCUT2D eigenvalue weighted by Gasteiger charge is 2.40. The van der Waals surface area contributed by atoms with Gasteiger partial charge in [-0.15, -0.1) is 24.0 Å². The number of hydrogen-bond acceptors (Lipinski definition) is 4. The van der Waals surface area contributed by atoms with Gasteiger partial charge in [0.25, 0.3) is 0 Å². The van der Waals surface area contributed by atoms with E-state index in [-0.39, 0.29) is 35.5 Å². The average Bonchev–Trinajstić information content (AvgIpc) is 2.55. The van der Waals surface area contributed by atoms with Gasteiger partial charge in [-0.1, -0.05) is 18.2 Å². The molecule has 1 saturated heterocycles. The van der Waals surface area contributed by atoms with E-state index in [1.165, 1.54) is 6.07 Å². The zero-order chi connectivity index (χ0) is 18.5. The number of nitrogens with zero attached hydrogens (tertiary/aromatic N) is 2. The topological polar surface area (TPSA) is 61.8 Å². The first-order valence-electron chi connectivity index (χ1n) is 8.26. The zero-order valence-electron chi connectivity index (χ0n) is 15.4. The second kappa shape index (κ2) is 10.1. The van der Waals surface area contributed by atoms with Crippen LogP contribution in [0.25, 0.3) is 0 Å². The molecule has 0 aliphatic carbocycles. The summed E-state index contributed by atoms with van der Waals surface area (Å²) < 4.78 is 37.0. The number of sulfone groups is 1. The number of rotatable bonds is 5. The summed E-state index contributed by atoms with van der Waals surface area (Å²) in [7, 11) is -1.36. The van der Waals surface area contributed by atoms with Crippen LogP contribution in [0.4, 0.5) is 4.39 Å². The van der Waals surface area contributed by atoms with E-state index in [4.69, 9.17) is 0 Å². The average molecular weight is 515 g/mol. The molecule has 0 aromatic heterocycles. The van der Waals surface area contributed by atoms with Crippen LogP contribution in [0.1, 0.15) is 19.4 Å².